The van der Waals surface area contributed by atoms with Crippen LogP contribution in [0.3, 0.4) is 0 Å². The van der Waals surface area contributed by atoms with Crippen LogP contribution in [0.1, 0.15) is 43.5 Å². The number of aromatic nitrogens is 1. The molecule has 0 aliphatic carbocycles. The van der Waals surface area contributed by atoms with Gasteiger partial charge in [-0.1, -0.05) is 19.8 Å². The van der Waals surface area contributed by atoms with Crippen molar-refractivity contribution < 1.29 is 9.52 Å². The minimum Gasteiger partial charge on any atom is -0.446 e. The van der Waals surface area contributed by atoms with Gasteiger partial charge in [-0.25, -0.2) is 4.98 Å². The lowest BCUT2D eigenvalue weighted by atomic mass is 10.2. The zero-order chi connectivity index (χ0) is 10.4. The monoisotopic (exact) mass is 197 g/mol. The van der Waals surface area contributed by atoms with Crippen LogP contribution in [0.4, 0.5) is 0 Å². The average molecular weight is 197 g/mol. The molecule has 0 amide bonds. The van der Waals surface area contributed by atoms with E-state index in [0.29, 0.717) is 6.42 Å². The number of unbranched alkanes of at least 4 members (excludes halogenated alkanes) is 2. The first-order valence-electron chi connectivity index (χ1n) is 5.34. The van der Waals surface area contributed by atoms with Crippen molar-refractivity contribution >= 4 is 0 Å². The van der Waals surface area contributed by atoms with Gasteiger partial charge in [0.25, 0.3) is 0 Å². The van der Waals surface area contributed by atoms with Gasteiger partial charge in [0, 0.05) is 19.4 Å². The smallest absolute Gasteiger partial charge is 0.194 e. The maximum absolute atomic E-state index is 8.79. The van der Waals surface area contributed by atoms with E-state index in [0.717, 1.165) is 30.2 Å². The van der Waals surface area contributed by atoms with Crippen molar-refractivity contribution in [2.24, 2.45) is 0 Å². The molecule has 0 radical (unpaired) electrons. The first-order valence-corrected chi connectivity index (χ1v) is 5.34. The van der Waals surface area contributed by atoms with E-state index in [1.165, 1.54) is 12.8 Å². The lowest BCUT2D eigenvalue weighted by molar-refractivity contribution is 0.297. The zero-order valence-corrected chi connectivity index (χ0v) is 9.05. The van der Waals surface area contributed by atoms with Gasteiger partial charge in [-0.3, -0.25) is 0 Å². The number of aliphatic hydroxyl groups excluding tert-OH is 1. The molecule has 0 bridgehead atoms. The predicted octanol–water partition coefficient (Wildman–Crippen LogP) is 2.25. The lowest BCUT2D eigenvalue weighted by Crippen LogP contribution is -1.93. The molecule has 80 valence electrons. The van der Waals surface area contributed by atoms with Crippen molar-refractivity contribution in [3.8, 4) is 0 Å². The minimum atomic E-state index is 0.141. The molecule has 1 aromatic heterocycles. The van der Waals surface area contributed by atoms with Crippen LogP contribution < -0.4 is 0 Å². The highest BCUT2D eigenvalue weighted by Gasteiger charge is 2.07. The summed E-state index contributed by atoms with van der Waals surface area (Å²) >= 11 is 0. The molecular weight excluding hydrogens is 178 g/mol. The molecule has 0 aliphatic heterocycles. The molecule has 1 aromatic rings. The Bertz CT molecular complexity index is 268. The van der Waals surface area contributed by atoms with Crippen LogP contribution in [0, 0.1) is 6.92 Å². The second kappa shape index (κ2) is 5.81. The quantitative estimate of drug-likeness (QED) is 0.711. The molecule has 0 fully saturated rings. The summed E-state index contributed by atoms with van der Waals surface area (Å²) in [6.07, 6.45) is 5.08. The van der Waals surface area contributed by atoms with E-state index in [4.69, 9.17) is 9.52 Å². The highest BCUT2D eigenvalue weighted by atomic mass is 16.4. The third-order valence-electron chi connectivity index (χ3n) is 2.28. The summed E-state index contributed by atoms with van der Waals surface area (Å²) in [6.45, 7) is 4.22. The van der Waals surface area contributed by atoms with Crippen molar-refractivity contribution in [1.82, 2.24) is 4.98 Å². The van der Waals surface area contributed by atoms with Gasteiger partial charge in [-0.2, -0.15) is 0 Å². The molecule has 1 heterocycles. The summed E-state index contributed by atoms with van der Waals surface area (Å²) in [5.74, 6) is 1.67. The normalized spacial score (nSPS) is 10.8. The third-order valence-corrected chi connectivity index (χ3v) is 2.28. The van der Waals surface area contributed by atoms with E-state index >= 15 is 0 Å². The number of hydrogen-bond acceptors (Lipinski definition) is 3. The molecule has 0 atom stereocenters. The second-order valence-electron chi connectivity index (χ2n) is 3.54. The topological polar surface area (TPSA) is 46.3 Å². The van der Waals surface area contributed by atoms with Crippen molar-refractivity contribution in [1.29, 1.82) is 0 Å². The van der Waals surface area contributed by atoms with Crippen LogP contribution in [0.15, 0.2) is 4.42 Å². The Kier molecular flexibility index (Phi) is 4.66. The Morgan fingerprint density at radius 3 is 2.71 bits per heavy atom. The maximum Gasteiger partial charge on any atom is 0.194 e. The van der Waals surface area contributed by atoms with Gasteiger partial charge in [0.05, 0.1) is 5.69 Å². The highest BCUT2D eigenvalue weighted by Crippen LogP contribution is 2.12. The summed E-state index contributed by atoms with van der Waals surface area (Å²) in [5, 5.41) is 8.79. The molecule has 1 N–H and O–H groups in total. The fraction of sp³-hybridized carbons (Fsp3) is 0.727. The van der Waals surface area contributed by atoms with Gasteiger partial charge in [-0.15, -0.1) is 0 Å². The van der Waals surface area contributed by atoms with E-state index in [2.05, 4.69) is 11.9 Å². The molecule has 0 aromatic carbocycles. The molecule has 0 saturated heterocycles. The van der Waals surface area contributed by atoms with E-state index in [1.807, 2.05) is 6.92 Å². The van der Waals surface area contributed by atoms with Crippen molar-refractivity contribution in [2.45, 2.75) is 46.0 Å². The van der Waals surface area contributed by atoms with Gasteiger partial charge in [0.2, 0.25) is 0 Å². The molecule has 1 rings (SSSR count). The summed E-state index contributed by atoms with van der Waals surface area (Å²) in [4.78, 5) is 4.34. The molecule has 3 heteroatoms. The Morgan fingerprint density at radius 1 is 1.29 bits per heavy atom. The summed E-state index contributed by atoms with van der Waals surface area (Å²) in [6, 6.07) is 0. The van der Waals surface area contributed by atoms with Crippen LogP contribution in [0.25, 0.3) is 0 Å². The Hall–Kier alpha value is -0.830. The fourth-order valence-corrected chi connectivity index (χ4v) is 1.46. The van der Waals surface area contributed by atoms with Crippen LogP contribution in [-0.4, -0.2) is 16.7 Å². The van der Waals surface area contributed by atoms with Crippen LogP contribution in [0.5, 0.6) is 0 Å². The summed E-state index contributed by atoms with van der Waals surface area (Å²) in [7, 11) is 0. The van der Waals surface area contributed by atoms with Crippen LogP contribution in [-0.2, 0) is 12.8 Å². The van der Waals surface area contributed by atoms with Gasteiger partial charge in [-0.05, 0) is 13.3 Å². The first kappa shape index (κ1) is 11.2. The number of rotatable bonds is 6. The van der Waals surface area contributed by atoms with Crippen molar-refractivity contribution in [3.05, 3.63) is 17.3 Å². The third kappa shape index (κ3) is 3.14. The largest absolute Gasteiger partial charge is 0.446 e. The molecule has 0 aliphatic rings. The summed E-state index contributed by atoms with van der Waals surface area (Å²) in [5.41, 5.74) is 0.902. The van der Waals surface area contributed by atoms with Gasteiger partial charge in [0.15, 0.2) is 5.89 Å². The summed E-state index contributed by atoms with van der Waals surface area (Å²) < 4.78 is 5.49. The van der Waals surface area contributed by atoms with E-state index in [9.17, 15) is 0 Å². The number of nitrogens with zero attached hydrogens (tertiary/aromatic N) is 1. The highest BCUT2D eigenvalue weighted by molar-refractivity contribution is 5.08. The lowest BCUT2D eigenvalue weighted by Gasteiger charge is -1.92. The van der Waals surface area contributed by atoms with Gasteiger partial charge < -0.3 is 9.52 Å². The number of oxazole rings is 1. The number of aryl methyl sites for hydroxylation is 2. The van der Waals surface area contributed by atoms with Gasteiger partial charge in [0.1, 0.15) is 5.76 Å². The number of hydrogen-bond donors (Lipinski definition) is 1. The number of aliphatic hydroxyl groups is 1. The predicted molar refractivity (Wildman–Crippen MR) is 55.3 cm³/mol. The fourth-order valence-electron chi connectivity index (χ4n) is 1.46. The Balaban J connectivity index is 2.48. The maximum atomic E-state index is 8.79. The van der Waals surface area contributed by atoms with Crippen molar-refractivity contribution in [2.75, 3.05) is 6.61 Å². The van der Waals surface area contributed by atoms with Crippen molar-refractivity contribution in [3.63, 3.8) is 0 Å². The molecular formula is C11H19NO2. The first-order chi connectivity index (χ1) is 6.77. The Morgan fingerprint density at radius 2 is 2.07 bits per heavy atom. The second-order valence-corrected chi connectivity index (χ2v) is 3.54. The SMILES string of the molecule is CCCCCc1nc(CCO)c(C)o1. The van der Waals surface area contributed by atoms with Gasteiger partial charge >= 0.3 is 0 Å². The molecule has 0 spiro atoms. The standard InChI is InChI=1S/C11H19NO2/c1-3-4-5-6-11-12-10(7-8-13)9(2)14-11/h13H,3-8H2,1-2H3. The molecule has 0 saturated carbocycles. The molecule has 0 unspecified atom stereocenters. The van der Waals surface area contributed by atoms with E-state index < -0.39 is 0 Å². The molecule has 3 nitrogen and oxygen atoms in total. The van der Waals surface area contributed by atoms with E-state index in [1.54, 1.807) is 0 Å². The van der Waals surface area contributed by atoms with Crippen LogP contribution in [0.2, 0.25) is 0 Å². The Labute approximate surface area is 85.2 Å². The average Bonchev–Trinajstić information content (AvgIpc) is 2.49. The van der Waals surface area contributed by atoms with E-state index in [-0.39, 0.29) is 6.61 Å². The minimum absolute atomic E-state index is 0.141. The zero-order valence-electron chi connectivity index (χ0n) is 9.05. The molecule has 14 heavy (non-hydrogen) atoms. The van der Waals surface area contributed by atoms with Crippen LogP contribution >= 0.6 is 0 Å².